The van der Waals surface area contributed by atoms with E-state index in [4.69, 9.17) is 12.2 Å². The van der Waals surface area contributed by atoms with Crippen molar-refractivity contribution in [2.45, 2.75) is 6.92 Å². The van der Waals surface area contributed by atoms with Crippen molar-refractivity contribution in [3.63, 3.8) is 0 Å². The first-order chi connectivity index (χ1) is 6.79. The Kier molecular flexibility index (Phi) is 2.84. The van der Waals surface area contributed by atoms with Crippen LogP contribution < -0.4 is 5.32 Å². The van der Waals surface area contributed by atoms with Crippen molar-refractivity contribution in [2.24, 2.45) is 0 Å². The summed E-state index contributed by atoms with van der Waals surface area (Å²) in [5.41, 5.74) is 2.44. The first kappa shape index (κ1) is 9.68. The van der Waals surface area contributed by atoms with Gasteiger partial charge >= 0.3 is 0 Å². The van der Waals surface area contributed by atoms with Gasteiger partial charge in [0.25, 0.3) is 0 Å². The summed E-state index contributed by atoms with van der Waals surface area (Å²) >= 11 is 6.90. The van der Waals surface area contributed by atoms with E-state index in [1.807, 2.05) is 0 Å². The smallest absolute Gasteiger partial charge is 0.173 e. The molecule has 2 heterocycles. The van der Waals surface area contributed by atoms with Gasteiger partial charge in [0.1, 0.15) is 0 Å². The van der Waals surface area contributed by atoms with Crippen LogP contribution in [0.15, 0.2) is 22.5 Å². The van der Waals surface area contributed by atoms with E-state index in [2.05, 4.69) is 40.0 Å². The van der Waals surface area contributed by atoms with Crippen LogP contribution in [0.25, 0.3) is 6.08 Å². The van der Waals surface area contributed by atoms with Gasteiger partial charge in [0.05, 0.1) is 6.54 Å². The fraction of sp³-hybridized carbons (Fsp3) is 0.300. The van der Waals surface area contributed by atoms with E-state index >= 15 is 0 Å². The highest BCUT2D eigenvalue weighted by molar-refractivity contribution is 7.80. The zero-order valence-electron chi connectivity index (χ0n) is 7.99. The lowest BCUT2D eigenvalue weighted by molar-refractivity contribution is 0.510. The highest BCUT2D eigenvalue weighted by Gasteiger charge is 2.18. The fourth-order valence-corrected chi connectivity index (χ4v) is 2.37. The number of thiophene rings is 1. The molecule has 1 aliphatic heterocycles. The zero-order valence-corrected chi connectivity index (χ0v) is 9.62. The van der Waals surface area contributed by atoms with Crippen LogP contribution in [-0.4, -0.2) is 23.1 Å². The third kappa shape index (κ3) is 1.96. The maximum Gasteiger partial charge on any atom is 0.173 e. The molecule has 0 aliphatic carbocycles. The Bertz CT molecular complexity index is 354. The van der Waals surface area contributed by atoms with Crippen LogP contribution in [0.1, 0.15) is 12.5 Å². The lowest BCUT2D eigenvalue weighted by Crippen LogP contribution is -2.27. The molecule has 1 saturated heterocycles. The summed E-state index contributed by atoms with van der Waals surface area (Å²) in [6.07, 6.45) is 2.15. The zero-order chi connectivity index (χ0) is 9.97. The molecule has 0 unspecified atom stereocenters. The van der Waals surface area contributed by atoms with Crippen molar-refractivity contribution >= 4 is 34.7 Å². The Labute approximate surface area is 93.2 Å². The largest absolute Gasteiger partial charge is 0.343 e. The molecular formula is C10H12N2S2. The third-order valence-electron chi connectivity index (χ3n) is 2.18. The lowest BCUT2D eigenvalue weighted by atomic mass is 10.3. The Morgan fingerprint density at radius 2 is 2.57 bits per heavy atom. The molecule has 2 nitrogen and oxygen atoms in total. The minimum Gasteiger partial charge on any atom is -0.343 e. The minimum absolute atomic E-state index is 0.842. The van der Waals surface area contributed by atoms with E-state index in [1.165, 1.54) is 11.3 Å². The number of hydrogen-bond acceptors (Lipinski definition) is 2. The van der Waals surface area contributed by atoms with E-state index in [0.717, 1.165) is 18.2 Å². The number of rotatable bonds is 2. The molecule has 0 saturated carbocycles. The van der Waals surface area contributed by atoms with Crippen LogP contribution in [0.3, 0.4) is 0 Å². The number of nitrogens with zero attached hydrogens (tertiary/aromatic N) is 1. The van der Waals surface area contributed by atoms with Gasteiger partial charge in [-0.15, -0.1) is 0 Å². The Morgan fingerprint density at radius 1 is 1.71 bits per heavy atom. The summed E-state index contributed by atoms with van der Waals surface area (Å²) in [6.45, 7) is 3.99. The quantitative estimate of drug-likeness (QED) is 0.776. The van der Waals surface area contributed by atoms with Gasteiger partial charge in [-0.05, 0) is 47.6 Å². The predicted octanol–water partition coefficient (Wildman–Crippen LogP) is 2.30. The van der Waals surface area contributed by atoms with E-state index in [-0.39, 0.29) is 0 Å². The van der Waals surface area contributed by atoms with E-state index in [1.54, 1.807) is 11.3 Å². The van der Waals surface area contributed by atoms with Crippen LogP contribution in [0.2, 0.25) is 0 Å². The Balaban J connectivity index is 2.12. The molecule has 1 fully saturated rings. The molecule has 2 rings (SSSR count). The average Bonchev–Trinajstić information content (AvgIpc) is 2.76. The molecule has 0 radical (unpaired) electrons. The summed E-state index contributed by atoms with van der Waals surface area (Å²) in [5.74, 6) is 0. The SMILES string of the molecule is CCN1C/C(=C/c2ccsc2)NC1=S. The van der Waals surface area contributed by atoms with E-state index in [9.17, 15) is 0 Å². The molecule has 1 aromatic rings. The van der Waals surface area contributed by atoms with E-state index in [0.29, 0.717) is 0 Å². The summed E-state index contributed by atoms with van der Waals surface area (Å²) in [7, 11) is 0. The number of likely N-dealkylation sites (N-methyl/N-ethyl adjacent to an activating group) is 1. The van der Waals surface area contributed by atoms with Crippen LogP contribution in [0.5, 0.6) is 0 Å². The van der Waals surface area contributed by atoms with E-state index < -0.39 is 0 Å². The highest BCUT2D eigenvalue weighted by atomic mass is 32.1. The molecule has 74 valence electrons. The standard InChI is InChI=1S/C10H12N2S2/c1-2-12-6-9(11-10(12)13)5-8-3-4-14-7-8/h3-5,7H,2,6H2,1H3,(H,11,13)/b9-5-. The molecule has 0 amide bonds. The summed E-state index contributed by atoms with van der Waals surface area (Å²) in [4.78, 5) is 2.15. The fourth-order valence-electron chi connectivity index (χ4n) is 1.43. The van der Waals surface area contributed by atoms with Crippen LogP contribution >= 0.6 is 23.6 Å². The van der Waals surface area contributed by atoms with Crippen LogP contribution in [0.4, 0.5) is 0 Å². The van der Waals surface area contributed by atoms with Gasteiger partial charge in [-0.1, -0.05) is 0 Å². The predicted molar refractivity (Wildman–Crippen MR) is 65.3 cm³/mol. The number of thiocarbonyl (C=S) groups is 1. The van der Waals surface area contributed by atoms with Crippen molar-refractivity contribution in [3.05, 3.63) is 28.1 Å². The van der Waals surface area contributed by atoms with Gasteiger partial charge in [-0.2, -0.15) is 11.3 Å². The summed E-state index contributed by atoms with van der Waals surface area (Å²) in [5, 5.41) is 8.27. The van der Waals surface area contributed by atoms with Crippen LogP contribution in [-0.2, 0) is 0 Å². The third-order valence-corrected chi connectivity index (χ3v) is 3.24. The molecule has 1 aromatic heterocycles. The van der Waals surface area contributed by atoms with Gasteiger partial charge in [0.2, 0.25) is 0 Å². The summed E-state index contributed by atoms with van der Waals surface area (Å²) < 4.78 is 0. The van der Waals surface area contributed by atoms with Crippen molar-refractivity contribution in [3.8, 4) is 0 Å². The van der Waals surface area contributed by atoms with Gasteiger partial charge in [-0.3, -0.25) is 0 Å². The maximum absolute atomic E-state index is 5.19. The molecule has 1 aliphatic rings. The second-order valence-corrected chi connectivity index (χ2v) is 4.34. The average molecular weight is 224 g/mol. The Morgan fingerprint density at radius 3 is 3.14 bits per heavy atom. The van der Waals surface area contributed by atoms with Crippen molar-refractivity contribution < 1.29 is 0 Å². The Hall–Kier alpha value is -0.870. The van der Waals surface area contributed by atoms with Gasteiger partial charge in [-0.25, -0.2) is 0 Å². The summed E-state index contributed by atoms with van der Waals surface area (Å²) in [6, 6.07) is 2.11. The molecule has 1 N–H and O–H groups in total. The molecule has 0 spiro atoms. The molecule has 4 heteroatoms. The number of hydrogen-bond donors (Lipinski definition) is 1. The second-order valence-electron chi connectivity index (χ2n) is 3.17. The van der Waals surface area contributed by atoms with Gasteiger partial charge in [0.15, 0.2) is 5.11 Å². The molecular weight excluding hydrogens is 212 g/mol. The van der Waals surface area contributed by atoms with Gasteiger partial charge < -0.3 is 10.2 Å². The first-order valence-electron chi connectivity index (χ1n) is 4.58. The second kappa shape index (κ2) is 4.11. The molecule has 0 aromatic carbocycles. The topological polar surface area (TPSA) is 15.3 Å². The molecule has 14 heavy (non-hydrogen) atoms. The monoisotopic (exact) mass is 224 g/mol. The highest BCUT2D eigenvalue weighted by Crippen LogP contribution is 2.14. The van der Waals surface area contributed by atoms with Crippen molar-refractivity contribution in [1.82, 2.24) is 10.2 Å². The van der Waals surface area contributed by atoms with Crippen LogP contribution in [0, 0.1) is 0 Å². The first-order valence-corrected chi connectivity index (χ1v) is 5.93. The van der Waals surface area contributed by atoms with Crippen molar-refractivity contribution in [2.75, 3.05) is 13.1 Å². The minimum atomic E-state index is 0.842. The van der Waals surface area contributed by atoms with Crippen molar-refractivity contribution in [1.29, 1.82) is 0 Å². The van der Waals surface area contributed by atoms with Gasteiger partial charge in [0, 0.05) is 12.2 Å². The molecule has 0 atom stereocenters. The normalized spacial score (nSPS) is 19.1. The lowest BCUT2D eigenvalue weighted by Gasteiger charge is -2.11. The number of nitrogens with one attached hydrogen (secondary N) is 1. The molecule has 0 bridgehead atoms. The maximum atomic E-state index is 5.19.